The molecule has 0 aromatic heterocycles. The summed E-state index contributed by atoms with van der Waals surface area (Å²) in [5.74, 6) is 0. The normalized spacial score (nSPS) is 10.9. The lowest BCUT2D eigenvalue weighted by atomic mass is 10.1. The lowest BCUT2D eigenvalue weighted by molar-refractivity contribution is 0.646. The van der Waals surface area contributed by atoms with Gasteiger partial charge in [-0.05, 0) is 37.4 Å². The number of hydrogen-bond acceptors (Lipinski definition) is 1. The summed E-state index contributed by atoms with van der Waals surface area (Å²) in [7, 11) is 0. The lowest BCUT2D eigenvalue weighted by Crippen LogP contribution is -1.85. The van der Waals surface area contributed by atoms with Gasteiger partial charge in [-0.15, -0.1) is 0 Å². The molecule has 0 fully saturated rings. The van der Waals surface area contributed by atoms with Crippen molar-refractivity contribution in [3.63, 3.8) is 0 Å². The van der Waals surface area contributed by atoms with Crippen LogP contribution in [0.5, 0.6) is 0 Å². The molecule has 0 aliphatic rings. The van der Waals surface area contributed by atoms with Gasteiger partial charge in [0.2, 0.25) is 0 Å². The zero-order valence-electron chi connectivity index (χ0n) is 9.36. The van der Waals surface area contributed by atoms with Gasteiger partial charge in [0.25, 0.3) is 0 Å². The Kier molecular flexibility index (Phi) is 6.39. The summed E-state index contributed by atoms with van der Waals surface area (Å²) in [5.41, 5.74) is 6.72. The van der Waals surface area contributed by atoms with Gasteiger partial charge in [-0.1, -0.05) is 49.2 Å². The Labute approximate surface area is 93.0 Å². The molecule has 0 unspecified atom stereocenters. The van der Waals surface area contributed by atoms with E-state index in [1.807, 2.05) is 6.08 Å². The van der Waals surface area contributed by atoms with Gasteiger partial charge in [0, 0.05) is 0 Å². The number of nitrogens with two attached hydrogens (primary N) is 1. The van der Waals surface area contributed by atoms with Crippen LogP contribution in [-0.4, -0.2) is 0 Å². The van der Waals surface area contributed by atoms with Crippen LogP contribution in [0.25, 0.3) is 0 Å². The highest BCUT2D eigenvalue weighted by Crippen LogP contribution is 2.08. The fourth-order valence-electron chi connectivity index (χ4n) is 1.69. The van der Waals surface area contributed by atoms with Gasteiger partial charge < -0.3 is 5.73 Å². The Hall–Kier alpha value is -1.24. The first kappa shape index (κ1) is 11.8. The van der Waals surface area contributed by atoms with Crippen molar-refractivity contribution in [2.75, 3.05) is 0 Å². The van der Waals surface area contributed by atoms with Gasteiger partial charge in [-0.25, -0.2) is 0 Å². The van der Waals surface area contributed by atoms with Crippen molar-refractivity contribution in [3.05, 3.63) is 48.2 Å². The summed E-state index contributed by atoms with van der Waals surface area (Å²) in [4.78, 5) is 0. The first-order valence-electron chi connectivity index (χ1n) is 5.84. The van der Waals surface area contributed by atoms with Gasteiger partial charge >= 0.3 is 0 Å². The van der Waals surface area contributed by atoms with Crippen molar-refractivity contribution in [2.24, 2.45) is 5.73 Å². The molecule has 0 saturated heterocycles. The van der Waals surface area contributed by atoms with Crippen LogP contribution in [0.4, 0.5) is 0 Å². The predicted molar refractivity (Wildman–Crippen MR) is 66.6 cm³/mol. The molecule has 1 heteroatoms. The van der Waals surface area contributed by atoms with E-state index in [2.05, 4.69) is 30.3 Å². The molecule has 0 aliphatic heterocycles. The summed E-state index contributed by atoms with van der Waals surface area (Å²) in [5, 5.41) is 0. The molecule has 0 amide bonds. The Morgan fingerprint density at radius 1 is 0.933 bits per heavy atom. The highest BCUT2D eigenvalue weighted by Gasteiger charge is 1.92. The summed E-state index contributed by atoms with van der Waals surface area (Å²) in [6, 6.07) is 10.7. The molecule has 1 aromatic carbocycles. The van der Waals surface area contributed by atoms with Crippen LogP contribution in [0, 0.1) is 0 Å². The Morgan fingerprint density at radius 3 is 2.40 bits per heavy atom. The number of rotatable bonds is 7. The molecule has 82 valence electrons. The predicted octanol–water partition coefficient (Wildman–Crippen LogP) is 3.65. The van der Waals surface area contributed by atoms with Crippen molar-refractivity contribution in [1.29, 1.82) is 0 Å². The summed E-state index contributed by atoms with van der Waals surface area (Å²) < 4.78 is 0. The number of hydrogen-bond donors (Lipinski definition) is 1. The Morgan fingerprint density at radius 2 is 1.67 bits per heavy atom. The van der Waals surface area contributed by atoms with E-state index in [0.717, 1.165) is 6.42 Å². The topological polar surface area (TPSA) is 26.0 Å². The maximum atomic E-state index is 5.26. The maximum absolute atomic E-state index is 5.26. The molecular formula is C14H21N. The fraction of sp³-hybridized carbons (Fsp3) is 0.429. The third-order valence-corrected chi connectivity index (χ3v) is 2.57. The molecule has 0 atom stereocenters. The molecule has 0 bridgehead atoms. The number of aryl methyl sites for hydroxylation is 1. The molecule has 0 radical (unpaired) electrons. The maximum Gasteiger partial charge on any atom is -0.0103 e. The quantitative estimate of drug-likeness (QED) is 0.672. The van der Waals surface area contributed by atoms with E-state index >= 15 is 0 Å². The Bertz CT molecular complexity index is 264. The summed E-state index contributed by atoms with van der Waals surface area (Å²) in [6.07, 6.45) is 11.2. The van der Waals surface area contributed by atoms with E-state index in [4.69, 9.17) is 5.73 Å². The van der Waals surface area contributed by atoms with E-state index in [-0.39, 0.29) is 0 Å². The molecule has 0 heterocycles. The molecule has 1 nitrogen and oxygen atoms in total. The first-order valence-corrected chi connectivity index (χ1v) is 5.84. The highest BCUT2D eigenvalue weighted by atomic mass is 14.5. The van der Waals surface area contributed by atoms with Gasteiger partial charge in [0.1, 0.15) is 0 Å². The van der Waals surface area contributed by atoms with Crippen molar-refractivity contribution in [1.82, 2.24) is 0 Å². The van der Waals surface area contributed by atoms with Gasteiger partial charge in [0.05, 0.1) is 0 Å². The SMILES string of the molecule is NC=CCCCCCCc1ccccc1. The van der Waals surface area contributed by atoms with E-state index < -0.39 is 0 Å². The van der Waals surface area contributed by atoms with Gasteiger partial charge in [0.15, 0.2) is 0 Å². The van der Waals surface area contributed by atoms with Crippen LogP contribution >= 0.6 is 0 Å². The summed E-state index contributed by atoms with van der Waals surface area (Å²) >= 11 is 0. The Balaban J connectivity index is 1.98. The summed E-state index contributed by atoms with van der Waals surface area (Å²) in [6.45, 7) is 0. The van der Waals surface area contributed by atoms with Gasteiger partial charge in [-0.2, -0.15) is 0 Å². The van der Waals surface area contributed by atoms with Crippen LogP contribution in [0.15, 0.2) is 42.6 Å². The molecule has 15 heavy (non-hydrogen) atoms. The second-order valence-electron chi connectivity index (χ2n) is 3.87. The molecule has 0 aliphatic carbocycles. The third-order valence-electron chi connectivity index (χ3n) is 2.57. The van der Waals surface area contributed by atoms with Crippen molar-refractivity contribution in [2.45, 2.75) is 38.5 Å². The van der Waals surface area contributed by atoms with Crippen molar-refractivity contribution in [3.8, 4) is 0 Å². The van der Waals surface area contributed by atoms with Crippen LogP contribution in [0.2, 0.25) is 0 Å². The first-order chi connectivity index (χ1) is 7.43. The zero-order chi connectivity index (χ0) is 10.8. The monoisotopic (exact) mass is 203 g/mol. The minimum absolute atomic E-state index is 1.13. The van der Waals surface area contributed by atoms with Crippen molar-refractivity contribution >= 4 is 0 Å². The van der Waals surface area contributed by atoms with Gasteiger partial charge in [-0.3, -0.25) is 0 Å². The van der Waals surface area contributed by atoms with Crippen molar-refractivity contribution < 1.29 is 0 Å². The van der Waals surface area contributed by atoms with E-state index in [0.29, 0.717) is 0 Å². The van der Waals surface area contributed by atoms with E-state index in [1.165, 1.54) is 37.7 Å². The number of benzene rings is 1. The van der Waals surface area contributed by atoms with E-state index in [1.54, 1.807) is 6.20 Å². The minimum Gasteiger partial charge on any atom is -0.405 e. The molecule has 2 N–H and O–H groups in total. The largest absolute Gasteiger partial charge is 0.405 e. The van der Waals surface area contributed by atoms with Crippen LogP contribution in [0.1, 0.15) is 37.7 Å². The standard InChI is InChI=1S/C14H21N/c15-13-9-4-2-1-3-6-10-14-11-7-5-8-12-14/h5,7-9,11-13H,1-4,6,10,15H2. The van der Waals surface area contributed by atoms with Crippen LogP contribution in [0.3, 0.4) is 0 Å². The lowest BCUT2D eigenvalue weighted by Gasteiger charge is -2.00. The fourth-order valence-corrected chi connectivity index (χ4v) is 1.69. The van der Waals surface area contributed by atoms with Crippen LogP contribution < -0.4 is 5.73 Å². The minimum atomic E-state index is 1.13. The second kappa shape index (κ2) is 8.10. The molecule has 1 rings (SSSR count). The average Bonchev–Trinajstić information content (AvgIpc) is 2.29. The zero-order valence-corrected chi connectivity index (χ0v) is 9.36. The smallest absolute Gasteiger partial charge is 0.0103 e. The third kappa shape index (κ3) is 5.95. The molecule has 1 aromatic rings. The molecule has 0 spiro atoms. The molecular weight excluding hydrogens is 182 g/mol. The number of unbranched alkanes of at least 4 members (excludes halogenated alkanes) is 4. The van der Waals surface area contributed by atoms with E-state index in [9.17, 15) is 0 Å². The molecule has 0 saturated carbocycles. The second-order valence-corrected chi connectivity index (χ2v) is 3.87. The highest BCUT2D eigenvalue weighted by molar-refractivity contribution is 5.14. The average molecular weight is 203 g/mol. The van der Waals surface area contributed by atoms with Crippen LogP contribution in [-0.2, 0) is 6.42 Å². The number of allylic oxidation sites excluding steroid dienone is 1.